The van der Waals surface area contributed by atoms with Gasteiger partial charge >= 0.3 is 0 Å². The molecule has 1 saturated carbocycles. The van der Waals surface area contributed by atoms with Gasteiger partial charge in [0.25, 0.3) is 5.91 Å². The summed E-state index contributed by atoms with van der Waals surface area (Å²) in [4.78, 5) is 16.5. The van der Waals surface area contributed by atoms with Crippen molar-refractivity contribution in [3.63, 3.8) is 0 Å². The molecule has 1 aromatic heterocycles. The van der Waals surface area contributed by atoms with E-state index in [4.69, 9.17) is 0 Å². The predicted molar refractivity (Wildman–Crippen MR) is 97.2 cm³/mol. The molecule has 0 unspecified atom stereocenters. The Hall–Kier alpha value is -2.43. The smallest absolute Gasteiger partial charge is 0.252 e. The second kappa shape index (κ2) is 8.60. The van der Waals surface area contributed by atoms with Gasteiger partial charge in [0, 0.05) is 25.0 Å². The number of amides is 1. The van der Waals surface area contributed by atoms with Gasteiger partial charge in [0.05, 0.1) is 11.3 Å². The molecule has 1 aliphatic carbocycles. The van der Waals surface area contributed by atoms with Gasteiger partial charge in [-0.1, -0.05) is 37.5 Å². The molecule has 0 saturated heterocycles. The number of carbonyl (C=O) groups is 1. The molecule has 3 rings (SSSR count). The maximum absolute atomic E-state index is 13.6. The van der Waals surface area contributed by atoms with Gasteiger partial charge in [-0.2, -0.15) is 0 Å². The average Bonchev–Trinajstić information content (AvgIpc) is 2.64. The molecule has 0 atom stereocenters. The summed E-state index contributed by atoms with van der Waals surface area (Å²) in [6.45, 7) is 0.389. The van der Waals surface area contributed by atoms with E-state index in [0.717, 1.165) is 5.69 Å². The SMILES string of the molecule is O=C(NCCc1ccccc1F)c1cncc(NC2CCCCC2)c1. The van der Waals surface area contributed by atoms with E-state index in [1.807, 2.05) is 6.07 Å². The molecule has 25 heavy (non-hydrogen) atoms. The molecule has 132 valence electrons. The first-order valence-electron chi connectivity index (χ1n) is 8.95. The maximum Gasteiger partial charge on any atom is 0.252 e. The standard InChI is InChI=1S/C20H24FN3O/c21-19-9-5-4-6-15(19)10-11-23-20(25)16-12-18(14-22-13-16)24-17-7-2-1-3-8-17/h4-6,9,12-14,17,24H,1-3,7-8,10-11H2,(H,23,25). The quantitative estimate of drug-likeness (QED) is 0.837. The maximum atomic E-state index is 13.6. The number of pyridine rings is 1. The number of benzene rings is 1. The van der Waals surface area contributed by atoms with Gasteiger partial charge in [-0.15, -0.1) is 0 Å². The van der Waals surface area contributed by atoms with Crippen molar-refractivity contribution in [2.24, 2.45) is 0 Å². The first-order valence-corrected chi connectivity index (χ1v) is 8.95. The van der Waals surface area contributed by atoms with Crippen LogP contribution in [0.1, 0.15) is 48.0 Å². The molecule has 4 nitrogen and oxygen atoms in total. The number of hydrogen-bond acceptors (Lipinski definition) is 3. The van der Waals surface area contributed by atoms with Gasteiger partial charge in [0.2, 0.25) is 0 Å². The lowest BCUT2D eigenvalue weighted by atomic mass is 9.95. The van der Waals surface area contributed by atoms with Crippen LogP contribution in [0, 0.1) is 5.82 Å². The summed E-state index contributed by atoms with van der Waals surface area (Å²) < 4.78 is 13.6. The monoisotopic (exact) mass is 341 g/mol. The van der Waals surface area contributed by atoms with E-state index in [9.17, 15) is 9.18 Å². The van der Waals surface area contributed by atoms with E-state index in [1.54, 1.807) is 30.6 Å². The fourth-order valence-electron chi connectivity index (χ4n) is 3.24. The number of carbonyl (C=O) groups excluding carboxylic acids is 1. The van der Waals surface area contributed by atoms with Crippen molar-refractivity contribution in [2.75, 3.05) is 11.9 Å². The zero-order valence-electron chi connectivity index (χ0n) is 14.3. The first-order chi connectivity index (χ1) is 12.2. The molecule has 1 heterocycles. The Bertz CT molecular complexity index is 714. The van der Waals surface area contributed by atoms with Crippen molar-refractivity contribution >= 4 is 11.6 Å². The summed E-state index contributed by atoms with van der Waals surface area (Å²) in [5.41, 5.74) is 2.01. The minimum absolute atomic E-state index is 0.184. The van der Waals surface area contributed by atoms with E-state index < -0.39 is 0 Å². The van der Waals surface area contributed by atoms with E-state index in [2.05, 4.69) is 15.6 Å². The highest BCUT2D eigenvalue weighted by Crippen LogP contribution is 2.21. The Labute approximate surface area is 147 Å². The summed E-state index contributed by atoms with van der Waals surface area (Å²) in [6.07, 6.45) is 9.92. The molecule has 2 N–H and O–H groups in total. The average molecular weight is 341 g/mol. The van der Waals surface area contributed by atoms with Crippen LogP contribution in [0.4, 0.5) is 10.1 Å². The molecule has 5 heteroatoms. The lowest BCUT2D eigenvalue weighted by Gasteiger charge is -2.23. The van der Waals surface area contributed by atoms with Crippen LogP contribution in [-0.2, 0) is 6.42 Å². The number of halogens is 1. The molecule has 2 aromatic rings. The third kappa shape index (κ3) is 5.02. The number of aromatic nitrogens is 1. The predicted octanol–water partition coefficient (Wildman–Crippen LogP) is 3.94. The molecular formula is C20H24FN3O. The van der Waals surface area contributed by atoms with Gasteiger partial charge < -0.3 is 10.6 Å². The van der Waals surface area contributed by atoms with Gasteiger partial charge in [-0.25, -0.2) is 4.39 Å². The third-order valence-corrected chi connectivity index (χ3v) is 4.61. The molecule has 0 aliphatic heterocycles. The Balaban J connectivity index is 1.53. The first kappa shape index (κ1) is 17.4. The Morgan fingerprint density at radius 2 is 1.96 bits per heavy atom. The fourth-order valence-corrected chi connectivity index (χ4v) is 3.24. The molecule has 0 bridgehead atoms. The summed E-state index contributed by atoms with van der Waals surface area (Å²) in [7, 11) is 0. The second-order valence-electron chi connectivity index (χ2n) is 6.54. The van der Waals surface area contributed by atoms with Crippen molar-refractivity contribution in [3.05, 3.63) is 59.7 Å². The van der Waals surface area contributed by atoms with Gasteiger partial charge in [0.15, 0.2) is 0 Å². The number of nitrogens with one attached hydrogen (secondary N) is 2. The zero-order chi connectivity index (χ0) is 17.5. The number of rotatable bonds is 6. The summed E-state index contributed by atoms with van der Waals surface area (Å²) >= 11 is 0. The molecule has 1 aromatic carbocycles. The number of anilines is 1. The van der Waals surface area contributed by atoms with Crippen molar-refractivity contribution in [2.45, 2.75) is 44.6 Å². The summed E-state index contributed by atoms with van der Waals surface area (Å²) in [5, 5.41) is 6.31. The highest BCUT2D eigenvalue weighted by atomic mass is 19.1. The number of hydrogen-bond donors (Lipinski definition) is 2. The third-order valence-electron chi connectivity index (χ3n) is 4.61. The zero-order valence-corrected chi connectivity index (χ0v) is 14.3. The van der Waals surface area contributed by atoms with E-state index in [0.29, 0.717) is 30.1 Å². The lowest BCUT2D eigenvalue weighted by Crippen LogP contribution is -2.26. The Morgan fingerprint density at radius 3 is 2.76 bits per heavy atom. The van der Waals surface area contributed by atoms with Crippen LogP contribution in [0.15, 0.2) is 42.7 Å². The van der Waals surface area contributed by atoms with Crippen LogP contribution in [0.3, 0.4) is 0 Å². The van der Waals surface area contributed by atoms with Crippen LogP contribution in [0.2, 0.25) is 0 Å². The van der Waals surface area contributed by atoms with Crippen LogP contribution in [-0.4, -0.2) is 23.5 Å². The van der Waals surface area contributed by atoms with Crippen LogP contribution < -0.4 is 10.6 Å². The highest BCUT2D eigenvalue weighted by molar-refractivity contribution is 5.94. The van der Waals surface area contributed by atoms with Crippen LogP contribution >= 0.6 is 0 Å². The van der Waals surface area contributed by atoms with Gasteiger partial charge in [-0.3, -0.25) is 9.78 Å². The van der Waals surface area contributed by atoms with E-state index in [-0.39, 0.29) is 11.7 Å². The van der Waals surface area contributed by atoms with Crippen molar-refractivity contribution in [1.29, 1.82) is 0 Å². The van der Waals surface area contributed by atoms with Crippen molar-refractivity contribution < 1.29 is 9.18 Å². The van der Waals surface area contributed by atoms with Gasteiger partial charge in [-0.05, 0) is 37.0 Å². The van der Waals surface area contributed by atoms with Crippen LogP contribution in [0.25, 0.3) is 0 Å². The van der Waals surface area contributed by atoms with Crippen molar-refractivity contribution in [3.8, 4) is 0 Å². The Kier molecular flexibility index (Phi) is 5.99. The normalized spacial score (nSPS) is 14.9. The molecule has 0 spiro atoms. The summed E-state index contributed by atoms with van der Waals surface area (Å²) in [6, 6.07) is 8.92. The molecule has 1 fully saturated rings. The molecule has 1 aliphatic rings. The van der Waals surface area contributed by atoms with Crippen LogP contribution in [0.5, 0.6) is 0 Å². The second-order valence-corrected chi connectivity index (χ2v) is 6.54. The number of nitrogens with zero attached hydrogens (tertiary/aromatic N) is 1. The molecule has 0 radical (unpaired) electrons. The van der Waals surface area contributed by atoms with Crippen molar-refractivity contribution in [1.82, 2.24) is 10.3 Å². The van der Waals surface area contributed by atoms with E-state index in [1.165, 1.54) is 38.2 Å². The Morgan fingerprint density at radius 1 is 1.16 bits per heavy atom. The largest absolute Gasteiger partial charge is 0.381 e. The topological polar surface area (TPSA) is 54.0 Å². The summed E-state index contributed by atoms with van der Waals surface area (Å²) in [5.74, 6) is -0.423. The van der Waals surface area contributed by atoms with Gasteiger partial charge in [0.1, 0.15) is 5.82 Å². The minimum atomic E-state index is -0.239. The molecular weight excluding hydrogens is 317 g/mol. The molecule has 1 amide bonds. The fraction of sp³-hybridized carbons (Fsp3) is 0.400. The highest BCUT2D eigenvalue weighted by Gasteiger charge is 2.14. The minimum Gasteiger partial charge on any atom is -0.381 e. The lowest BCUT2D eigenvalue weighted by molar-refractivity contribution is 0.0953. The van der Waals surface area contributed by atoms with E-state index >= 15 is 0 Å².